The molecule has 2 aromatic carbocycles. The molecule has 5 nitrogen and oxygen atoms in total. The molecule has 0 fully saturated rings. The van der Waals surface area contributed by atoms with Gasteiger partial charge in [0, 0.05) is 6.42 Å². The summed E-state index contributed by atoms with van der Waals surface area (Å²) in [5, 5.41) is 11.7. The van der Waals surface area contributed by atoms with Crippen molar-refractivity contribution in [3.05, 3.63) is 70.8 Å². The molecule has 2 atom stereocenters. The summed E-state index contributed by atoms with van der Waals surface area (Å²) in [5.41, 5.74) is 2.78. The number of cyclic esters (lactones) is 1. The first-order chi connectivity index (χ1) is 11.6. The van der Waals surface area contributed by atoms with Crippen LogP contribution in [0.25, 0.3) is 0 Å². The summed E-state index contributed by atoms with van der Waals surface area (Å²) < 4.78 is 5.25. The maximum Gasteiger partial charge on any atom is 0.339 e. The first-order valence-electron chi connectivity index (χ1n) is 7.68. The van der Waals surface area contributed by atoms with Crippen molar-refractivity contribution in [2.24, 2.45) is 0 Å². The zero-order valence-electron chi connectivity index (χ0n) is 13.2. The molecule has 1 aliphatic rings. The highest BCUT2D eigenvalue weighted by Crippen LogP contribution is 2.21. The van der Waals surface area contributed by atoms with Gasteiger partial charge >= 0.3 is 5.97 Å². The third-order valence-electron chi connectivity index (χ3n) is 4.08. The van der Waals surface area contributed by atoms with E-state index in [9.17, 15) is 9.59 Å². The first-order valence-corrected chi connectivity index (χ1v) is 7.68. The van der Waals surface area contributed by atoms with E-state index in [1.54, 1.807) is 36.4 Å². The third kappa shape index (κ3) is 3.13. The Morgan fingerprint density at radius 1 is 1.25 bits per heavy atom. The lowest BCUT2D eigenvalue weighted by molar-refractivity contribution is -0.131. The van der Waals surface area contributed by atoms with Crippen molar-refractivity contribution >= 4 is 11.9 Å². The van der Waals surface area contributed by atoms with Crippen molar-refractivity contribution in [1.29, 1.82) is 5.26 Å². The highest BCUT2D eigenvalue weighted by molar-refractivity contribution is 5.95. The van der Waals surface area contributed by atoms with E-state index in [1.807, 2.05) is 19.1 Å². The largest absolute Gasteiger partial charge is 0.448 e. The molecule has 1 heterocycles. The van der Waals surface area contributed by atoms with Gasteiger partial charge in [-0.2, -0.15) is 5.26 Å². The first kappa shape index (κ1) is 15.8. The quantitative estimate of drug-likeness (QED) is 0.881. The second kappa shape index (κ2) is 6.55. The molecule has 0 spiro atoms. The number of esters is 1. The molecular formula is C19H16N2O3. The van der Waals surface area contributed by atoms with Crippen molar-refractivity contribution in [3.63, 3.8) is 0 Å². The Morgan fingerprint density at radius 2 is 1.96 bits per heavy atom. The smallest absolute Gasteiger partial charge is 0.339 e. The van der Waals surface area contributed by atoms with Crippen LogP contribution in [0.15, 0.2) is 48.5 Å². The molecule has 1 amide bonds. The molecule has 0 aromatic heterocycles. The Balaban J connectivity index is 1.69. The Kier molecular flexibility index (Phi) is 4.30. The molecular weight excluding hydrogens is 304 g/mol. The lowest BCUT2D eigenvalue weighted by Crippen LogP contribution is -2.42. The summed E-state index contributed by atoms with van der Waals surface area (Å²) in [5.74, 6) is -0.794. The number of ether oxygens (including phenoxy) is 1. The zero-order chi connectivity index (χ0) is 17.1. The molecule has 0 saturated heterocycles. The van der Waals surface area contributed by atoms with Crippen molar-refractivity contribution in [3.8, 4) is 6.07 Å². The Bertz CT molecular complexity index is 821. The van der Waals surface area contributed by atoms with Gasteiger partial charge in [-0.05, 0) is 36.2 Å². The number of amides is 1. The predicted molar refractivity (Wildman–Crippen MR) is 87.1 cm³/mol. The summed E-state index contributed by atoms with van der Waals surface area (Å²) in [7, 11) is 0. The number of carbonyl (C=O) groups excluding carboxylic acids is 2. The van der Waals surface area contributed by atoms with E-state index in [0.29, 0.717) is 17.5 Å². The van der Waals surface area contributed by atoms with Crippen LogP contribution in [0.2, 0.25) is 0 Å². The van der Waals surface area contributed by atoms with Gasteiger partial charge in [-0.3, -0.25) is 4.79 Å². The molecule has 24 heavy (non-hydrogen) atoms. The van der Waals surface area contributed by atoms with Crippen LogP contribution in [0.5, 0.6) is 0 Å². The molecule has 0 radical (unpaired) electrons. The molecule has 0 saturated carbocycles. The minimum absolute atomic E-state index is 0.249. The number of hydrogen-bond donors (Lipinski definition) is 1. The van der Waals surface area contributed by atoms with E-state index in [1.165, 1.54) is 0 Å². The van der Waals surface area contributed by atoms with Crippen molar-refractivity contribution in [2.45, 2.75) is 25.5 Å². The second-order valence-corrected chi connectivity index (χ2v) is 5.72. The predicted octanol–water partition coefficient (Wildman–Crippen LogP) is 2.52. The van der Waals surface area contributed by atoms with Crippen LogP contribution in [0.1, 0.15) is 40.0 Å². The standard InChI is InChI=1S/C19H16N2O3/c1-12(14-8-6-13(11-20)7-9-14)21-18(22)17-10-15-4-2-3-5-16(15)19(23)24-17/h2-9,12,17H,10H2,1H3,(H,21,22). The fourth-order valence-corrected chi connectivity index (χ4v) is 2.71. The van der Waals surface area contributed by atoms with Crippen LogP contribution >= 0.6 is 0 Å². The summed E-state index contributed by atoms with van der Waals surface area (Å²) in [6.07, 6.45) is -0.457. The van der Waals surface area contributed by atoms with Gasteiger partial charge in [0.1, 0.15) is 0 Å². The van der Waals surface area contributed by atoms with Crippen LogP contribution in [0.3, 0.4) is 0 Å². The van der Waals surface area contributed by atoms with E-state index >= 15 is 0 Å². The maximum absolute atomic E-state index is 12.4. The van der Waals surface area contributed by atoms with Gasteiger partial charge in [0.15, 0.2) is 6.10 Å². The van der Waals surface area contributed by atoms with Gasteiger partial charge in [-0.25, -0.2) is 4.79 Å². The normalized spacial score (nSPS) is 17.2. The van der Waals surface area contributed by atoms with E-state index < -0.39 is 12.1 Å². The molecule has 2 aromatic rings. The Labute approximate surface area is 139 Å². The maximum atomic E-state index is 12.4. The summed E-state index contributed by atoms with van der Waals surface area (Å²) in [6.45, 7) is 1.85. The average Bonchev–Trinajstić information content (AvgIpc) is 2.61. The SMILES string of the molecule is CC(NC(=O)C1Cc2ccccc2C(=O)O1)c1ccc(C#N)cc1. The van der Waals surface area contributed by atoms with Gasteiger partial charge in [-0.1, -0.05) is 30.3 Å². The van der Waals surface area contributed by atoms with E-state index in [0.717, 1.165) is 11.1 Å². The molecule has 1 aliphatic heterocycles. The Morgan fingerprint density at radius 3 is 2.67 bits per heavy atom. The van der Waals surface area contributed by atoms with E-state index in [-0.39, 0.29) is 11.9 Å². The molecule has 2 unspecified atom stereocenters. The number of carbonyl (C=O) groups is 2. The van der Waals surface area contributed by atoms with Crippen LogP contribution in [-0.2, 0) is 16.0 Å². The molecule has 0 bridgehead atoms. The van der Waals surface area contributed by atoms with Crippen LogP contribution in [-0.4, -0.2) is 18.0 Å². The van der Waals surface area contributed by atoms with Crippen LogP contribution < -0.4 is 5.32 Å². The average molecular weight is 320 g/mol. The number of nitrogens with one attached hydrogen (secondary N) is 1. The molecule has 3 rings (SSSR count). The molecule has 1 N–H and O–H groups in total. The van der Waals surface area contributed by atoms with E-state index in [2.05, 4.69) is 11.4 Å². The zero-order valence-corrected chi connectivity index (χ0v) is 13.2. The topological polar surface area (TPSA) is 79.2 Å². The fraction of sp³-hybridized carbons (Fsp3) is 0.211. The summed E-state index contributed by atoms with van der Waals surface area (Å²) >= 11 is 0. The van der Waals surface area contributed by atoms with Crippen molar-refractivity contribution in [1.82, 2.24) is 5.32 Å². The number of fused-ring (bicyclic) bond motifs is 1. The number of rotatable bonds is 3. The number of nitriles is 1. The van der Waals surface area contributed by atoms with Crippen LogP contribution in [0, 0.1) is 11.3 Å². The van der Waals surface area contributed by atoms with Crippen LogP contribution in [0.4, 0.5) is 0 Å². The minimum Gasteiger partial charge on any atom is -0.448 e. The van der Waals surface area contributed by atoms with E-state index in [4.69, 9.17) is 10.00 Å². The highest BCUT2D eigenvalue weighted by atomic mass is 16.5. The summed E-state index contributed by atoms with van der Waals surface area (Å²) in [6, 6.07) is 16.0. The monoisotopic (exact) mass is 320 g/mol. The Hall–Kier alpha value is -3.13. The molecule has 120 valence electrons. The van der Waals surface area contributed by atoms with Gasteiger partial charge in [0.2, 0.25) is 0 Å². The summed E-state index contributed by atoms with van der Waals surface area (Å²) in [4.78, 5) is 24.4. The van der Waals surface area contributed by atoms with Gasteiger partial charge in [-0.15, -0.1) is 0 Å². The number of benzene rings is 2. The van der Waals surface area contributed by atoms with Crippen molar-refractivity contribution < 1.29 is 14.3 Å². The fourth-order valence-electron chi connectivity index (χ4n) is 2.71. The van der Waals surface area contributed by atoms with Gasteiger partial charge < -0.3 is 10.1 Å². The third-order valence-corrected chi connectivity index (χ3v) is 4.08. The lowest BCUT2D eigenvalue weighted by atomic mass is 9.98. The van der Waals surface area contributed by atoms with Gasteiger partial charge in [0.25, 0.3) is 5.91 Å². The molecule has 5 heteroatoms. The molecule has 0 aliphatic carbocycles. The second-order valence-electron chi connectivity index (χ2n) is 5.72. The van der Waals surface area contributed by atoms with Gasteiger partial charge in [0.05, 0.1) is 23.2 Å². The highest BCUT2D eigenvalue weighted by Gasteiger charge is 2.31. The van der Waals surface area contributed by atoms with Crippen molar-refractivity contribution in [2.75, 3.05) is 0 Å². The number of hydrogen-bond acceptors (Lipinski definition) is 4. The lowest BCUT2D eigenvalue weighted by Gasteiger charge is -2.25. The number of nitrogens with zero attached hydrogens (tertiary/aromatic N) is 1. The minimum atomic E-state index is -0.826.